The Balaban J connectivity index is 2.14. The van der Waals surface area contributed by atoms with Crippen LogP contribution in [0.4, 0.5) is 11.5 Å². The summed E-state index contributed by atoms with van der Waals surface area (Å²) < 4.78 is 0. The Kier molecular flexibility index (Phi) is 4.74. The molecule has 0 aliphatic heterocycles. The second kappa shape index (κ2) is 6.53. The maximum absolute atomic E-state index is 5.72. The molecule has 2 aromatic rings. The van der Waals surface area contributed by atoms with Crippen LogP contribution in [-0.4, -0.2) is 15.8 Å². The van der Waals surface area contributed by atoms with Gasteiger partial charge in [0.1, 0.15) is 11.6 Å². The molecule has 1 aromatic carbocycles. The lowest BCUT2D eigenvalue weighted by Gasteiger charge is -2.08. The van der Waals surface area contributed by atoms with Crippen LogP contribution in [0.1, 0.15) is 24.0 Å². The normalized spacial score (nSPS) is 10.5. The lowest BCUT2D eigenvalue weighted by molar-refractivity contribution is 0.953. The first kappa shape index (κ1) is 13.8. The van der Waals surface area contributed by atoms with Gasteiger partial charge in [0.25, 0.3) is 0 Å². The van der Waals surface area contributed by atoms with Gasteiger partial charge >= 0.3 is 0 Å². The van der Waals surface area contributed by atoms with E-state index >= 15 is 0 Å². The van der Waals surface area contributed by atoms with Crippen molar-refractivity contribution in [3.63, 3.8) is 0 Å². The molecule has 0 radical (unpaired) electrons. The first-order valence-corrected chi connectivity index (χ1v) is 7.01. The number of anilines is 2. The number of benzene rings is 1. The van der Waals surface area contributed by atoms with E-state index in [1.807, 2.05) is 25.1 Å². The van der Waals surface area contributed by atoms with Crippen LogP contribution in [0, 0.1) is 6.92 Å². The molecule has 0 aliphatic carbocycles. The van der Waals surface area contributed by atoms with Gasteiger partial charge in [-0.25, -0.2) is 9.97 Å². The molecule has 0 unspecified atom stereocenters. The largest absolute Gasteiger partial charge is 0.340 e. The van der Waals surface area contributed by atoms with Crippen molar-refractivity contribution in [2.75, 3.05) is 11.2 Å². The van der Waals surface area contributed by atoms with E-state index in [2.05, 4.69) is 34.3 Å². The van der Waals surface area contributed by atoms with E-state index in [0.717, 1.165) is 35.9 Å². The van der Waals surface area contributed by atoms with Crippen molar-refractivity contribution < 1.29 is 0 Å². The van der Waals surface area contributed by atoms with Gasteiger partial charge in [0.2, 0.25) is 0 Å². The van der Waals surface area contributed by atoms with Gasteiger partial charge in [0.05, 0.1) is 0 Å². The molecular weight excluding hydrogens is 258 g/mol. The Morgan fingerprint density at radius 1 is 1.16 bits per heavy atom. The Morgan fingerprint density at radius 2 is 1.89 bits per heavy atom. The average molecular weight is 276 g/mol. The molecule has 0 saturated carbocycles. The molecule has 1 N–H and O–H groups in total. The SMILES string of the molecule is CCc1cc(Nc2ccc(CCCl)cc2)nc(C)n1. The molecule has 2 rings (SSSR count). The summed E-state index contributed by atoms with van der Waals surface area (Å²) in [6, 6.07) is 10.2. The van der Waals surface area contributed by atoms with Gasteiger partial charge in [0.15, 0.2) is 0 Å². The molecule has 0 bridgehead atoms. The molecule has 100 valence electrons. The number of hydrogen-bond acceptors (Lipinski definition) is 3. The number of nitrogens with zero attached hydrogens (tertiary/aromatic N) is 2. The molecule has 4 heteroatoms. The van der Waals surface area contributed by atoms with Crippen LogP contribution in [0.5, 0.6) is 0 Å². The molecule has 1 aromatic heterocycles. The summed E-state index contributed by atoms with van der Waals surface area (Å²) in [5.41, 5.74) is 3.32. The van der Waals surface area contributed by atoms with Gasteiger partial charge in [-0.1, -0.05) is 19.1 Å². The van der Waals surface area contributed by atoms with Crippen molar-refractivity contribution in [3.8, 4) is 0 Å². The summed E-state index contributed by atoms with van der Waals surface area (Å²) in [6.45, 7) is 4.00. The number of nitrogens with one attached hydrogen (secondary N) is 1. The number of aromatic nitrogens is 2. The quantitative estimate of drug-likeness (QED) is 0.842. The van der Waals surface area contributed by atoms with E-state index in [0.29, 0.717) is 5.88 Å². The molecule has 3 nitrogen and oxygen atoms in total. The maximum Gasteiger partial charge on any atom is 0.134 e. The summed E-state index contributed by atoms with van der Waals surface area (Å²) >= 11 is 5.72. The van der Waals surface area contributed by atoms with Crippen LogP contribution in [0.25, 0.3) is 0 Å². The Bertz CT molecular complexity index is 538. The van der Waals surface area contributed by atoms with E-state index in [-0.39, 0.29) is 0 Å². The second-order valence-corrected chi connectivity index (χ2v) is 4.78. The third-order valence-corrected chi connectivity index (χ3v) is 3.05. The summed E-state index contributed by atoms with van der Waals surface area (Å²) in [4.78, 5) is 8.76. The maximum atomic E-state index is 5.72. The summed E-state index contributed by atoms with van der Waals surface area (Å²) in [7, 11) is 0. The fourth-order valence-electron chi connectivity index (χ4n) is 1.89. The molecule has 0 aliphatic rings. The van der Waals surface area contributed by atoms with Crippen LogP contribution >= 0.6 is 11.6 Å². The Labute approximate surface area is 119 Å². The highest BCUT2D eigenvalue weighted by atomic mass is 35.5. The number of hydrogen-bond donors (Lipinski definition) is 1. The van der Waals surface area contributed by atoms with Crippen LogP contribution in [0.3, 0.4) is 0 Å². The third-order valence-electron chi connectivity index (χ3n) is 2.86. The predicted octanol–water partition coefficient (Wildman–Crippen LogP) is 3.87. The van der Waals surface area contributed by atoms with Gasteiger partial charge in [-0.05, 0) is 37.5 Å². The van der Waals surface area contributed by atoms with Gasteiger partial charge < -0.3 is 5.32 Å². The van der Waals surface area contributed by atoms with Crippen molar-refractivity contribution >= 4 is 23.1 Å². The number of rotatable bonds is 5. The minimum absolute atomic E-state index is 0.651. The number of halogens is 1. The fraction of sp³-hybridized carbons (Fsp3) is 0.333. The summed E-state index contributed by atoms with van der Waals surface area (Å²) in [5, 5.41) is 3.30. The number of aryl methyl sites for hydroxylation is 3. The van der Waals surface area contributed by atoms with Gasteiger partial charge in [-0.3, -0.25) is 0 Å². The molecule has 0 spiro atoms. The second-order valence-electron chi connectivity index (χ2n) is 4.41. The highest BCUT2D eigenvalue weighted by molar-refractivity contribution is 6.17. The van der Waals surface area contributed by atoms with E-state index in [1.165, 1.54) is 5.56 Å². The lowest BCUT2D eigenvalue weighted by atomic mass is 10.1. The van der Waals surface area contributed by atoms with Gasteiger partial charge in [-0.2, -0.15) is 0 Å². The predicted molar refractivity (Wildman–Crippen MR) is 80.3 cm³/mol. The summed E-state index contributed by atoms with van der Waals surface area (Å²) in [6.07, 6.45) is 1.81. The summed E-state index contributed by atoms with van der Waals surface area (Å²) in [5.74, 6) is 2.28. The van der Waals surface area contributed by atoms with E-state index in [4.69, 9.17) is 11.6 Å². The zero-order valence-electron chi connectivity index (χ0n) is 11.3. The minimum atomic E-state index is 0.651. The van der Waals surface area contributed by atoms with Crippen LogP contribution in [-0.2, 0) is 12.8 Å². The smallest absolute Gasteiger partial charge is 0.134 e. The fourth-order valence-corrected chi connectivity index (χ4v) is 2.10. The molecule has 0 fully saturated rings. The van der Waals surface area contributed by atoms with E-state index < -0.39 is 0 Å². The number of alkyl halides is 1. The Morgan fingerprint density at radius 3 is 2.53 bits per heavy atom. The minimum Gasteiger partial charge on any atom is -0.340 e. The third kappa shape index (κ3) is 3.93. The zero-order valence-corrected chi connectivity index (χ0v) is 12.0. The molecule has 0 atom stereocenters. The van der Waals surface area contributed by atoms with Gasteiger partial charge in [-0.15, -0.1) is 11.6 Å². The van der Waals surface area contributed by atoms with Crippen molar-refractivity contribution in [1.82, 2.24) is 9.97 Å². The molecular formula is C15H18ClN3. The standard InChI is InChI=1S/C15H18ClN3/c1-3-13-10-15(18-11(2)17-13)19-14-6-4-12(5-7-14)8-9-16/h4-7,10H,3,8-9H2,1-2H3,(H,17,18,19). The highest BCUT2D eigenvalue weighted by Crippen LogP contribution is 2.17. The van der Waals surface area contributed by atoms with Crippen molar-refractivity contribution in [2.24, 2.45) is 0 Å². The Hall–Kier alpha value is -1.61. The monoisotopic (exact) mass is 275 g/mol. The highest BCUT2D eigenvalue weighted by Gasteiger charge is 2.01. The van der Waals surface area contributed by atoms with E-state index in [1.54, 1.807) is 0 Å². The van der Waals surface area contributed by atoms with E-state index in [9.17, 15) is 0 Å². The van der Waals surface area contributed by atoms with Crippen LogP contribution in [0.15, 0.2) is 30.3 Å². The van der Waals surface area contributed by atoms with Crippen molar-refractivity contribution in [3.05, 3.63) is 47.4 Å². The molecule has 0 amide bonds. The van der Waals surface area contributed by atoms with Crippen LogP contribution in [0.2, 0.25) is 0 Å². The van der Waals surface area contributed by atoms with Gasteiger partial charge in [0, 0.05) is 23.3 Å². The molecule has 0 saturated heterocycles. The van der Waals surface area contributed by atoms with Crippen molar-refractivity contribution in [1.29, 1.82) is 0 Å². The topological polar surface area (TPSA) is 37.8 Å². The molecule has 19 heavy (non-hydrogen) atoms. The lowest BCUT2D eigenvalue weighted by Crippen LogP contribution is -2.00. The van der Waals surface area contributed by atoms with Crippen LogP contribution < -0.4 is 5.32 Å². The average Bonchev–Trinajstić information content (AvgIpc) is 2.40. The van der Waals surface area contributed by atoms with Crippen molar-refractivity contribution in [2.45, 2.75) is 26.7 Å². The zero-order chi connectivity index (χ0) is 13.7. The molecule has 1 heterocycles. The first-order valence-electron chi connectivity index (χ1n) is 6.47. The first-order chi connectivity index (χ1) is 9.21.